The van der Waals surface area contributed by atoms with Gasteiger partial charge in [-0.15, -0.1) is 0 Å². The van der Waals surface area contributed by atoms with Gasteiger partial charge in [-0.1, -0.05) is 66.2 Å². The smallest absolute Gasteiger partial charge is 0.130 e. The molecule has 0 aliphatic carbocycles. The highest BCUT2D eigenvalue weighted by Gasteiger charge is 2.01. The summed E-state index contributed by atoms with van der Waals surface area (Å²) in [4.78, 5) is 4.64. The monoisotopic (exact) mass is 325 g/mol. The van der Waals surface area contributed by atoms with E-state index in [1.54, 1.807) is 0 Å². The van der Waals surface area contributed by atoms with Crippen LogP contribution in [0, 0.1) is 6.92 Å². The van der Waals surface area contributed by atoms with E-state index in [1.807, 2.05) is 36.4 Å². The third kappa shape index (κ3) is 3.53. The van der Waals surface area contributed by atoms with Crippen LogP contribution in [0.15, 0.2) is 84.9 Å². The molecule has 4 aromatic rings. The Hall–Kier alpha value is -3.13. The van der Waals surface area contributed by atoms with Crippen LogP contribution in [0.4, 0.5) is 0 Å². The second kappa shape index (κ2) is 6.78. The van der Waals surface area contributed by atoms with Gasteiger partial charge >= 0.3 is 0 Å². The van der Waals surface area contributed by atoms with E-state index in [9.17, 15) is 0 Å². The molecule has 4 rings (SSSR count). The number of pyridine rings is 1. The van der Waals surface area contributed by atoms with Crippen LogP contribution in [0.1, 0.15) is 11.3 Å². The topological polar surface area (TPSA) is 22.1 Å². The van der Waals surface area contributed by atoms with Crippen molar-refractivity contribution in [3.8, 4) is 16.9 Å². The summed E-state index contributed by atoms with van der Waals surface area (Å²) in [7, 11) is 0. The van der Waals surface area contributed by atoms with Crippen LogP contribution in [-0.2, 0) is 6.61 Å². The summed E-state index contributed by atoms with van der Waals surface area (Å²) in [6.45, 7) is 2.57. The first-order chi connectivity index (χ1) is 12.3. The summed E-state index contributed by atoms with van der Waals surface area (Å²) in [6.07, 6.45) is 0. The Morgan fingerprint density at radius 2 is 1.40 bits per heavy atom. The molecule has 0 N–H and O–H groups in total. The maximum absolute atomic E-state index is 5.89. The van der Waals surface area contributed by atoms with E-state index >= 15 is 0 Å². The number of benzene rings is 3. The van der Waals surface area contributed by atoms with Crippen molar-refractivity contribution in [2.45, 2.75) is 13.5 Å². The summed E-state index contributed by atoms with van der Waals surface area (Å²) in [5.74, 6) is 0.853. The van der Waals surface area contributed by atoms with Gasteiger partial charge in [-0.05, 0) is 42.3 Å². The SMILES string of the molecule is Cc1ccc(-c2ccc(OCc3ccc4ccccc4n3)cc2)cc1. The summed E-state index contributed by atoms with van der Waals surface area (Å²) in [6, 6.07) is 29.0. The lowest BCUT2D eigenvalue weighted by molar-refractivity contribution is 0.302. The Morgan fingerprint density at radius 1 is 0.720 bits per heavy atom. The summed E-state index contributed by atoms with van der Waals surface area (Å²) < 4.78 is 5.89. The third-order valence-electron chi connectivity index (χ3n) is 4.28. The predicted octanol–water partition coefficient (Wildman–Crippen LogP) is 5.79. The van der Waals surface area contributed by atoms with E-state index in [4.69, 9.17) is 4.74 Å². The fourth-order valence-corrected chi connectivity index (χ4v) is 2.84. The van der Waals surface area contributed by atoms with E-state index in [0.29, 0.717) is 6.61 Å². The number of aryl methyl sites for hydroxylation is 1. The first kappa shape index (κ1) is 15.4. The average Bonchev–Trinajstić information content (AvgIpc) is 2.67. The molecule has 0 aliphatic heterocycles. The van der Waals surface area contributed by atoms with Gasteiger partial charge < -0.3 is 4.74 Å². The van der Waals surface area contributed by atoms with Crippen LogP contribution in [0.2, 0.25) is 0 Å². The summed E-state index contributed by atoms with van der Waals surface area (Å²) >= 11 is 0. The molecule has 1 heterocycles. The van der Waals surface area contributed by atoms with Crippen molar-refractivity contribution in [1.82, 2.24) is 4.98 Å². The molecule has 1 aromatic heterocycles. The first-order valence-electron chi connectivity index (χ1n) is 8.42. The van der Waals surface area contributed by atoms with Gasteiger partial charge in [0.05, 0.1) is 11.2 Å². The molecule has 0 saturated carbocycles. The normalized spacial score (nSPS) is 10.8. The van der Waals surface area contributed by atoms with Gasteiger partial charge in [0.1, 0.15) is 12.4 Å². The van der Waals surface area contributed by atoms with Crippen molar-refractivity contribution in [2.75, 3.05) is 0 Å². The average molecular weight is 325 g/mol. The predicted molar refractivity (Wildman–Crippen MR) is 103 cm³/mol. The minimum absolute atomic E-state index is 0.467. The Bertz CT molecular complexity index is 988. The molecule has 2 nitrogen and oxygen atoms in total. The van der Waals surface area contributed by atoms with Crippen LogP contribution in [0.25, 0.3) is 22.0 Å². The fourth-order valence-electron chi connectivity index (χ4n) is 2.84. The van der Waals surface area contributed by atoms with Gasteiger partial charge in [0.2, 0.25) is 0 Å². The summed E-state index contributed by atoms with van der Waals surface area (Å²) in [5.41, 5.74) is 5.61. The van der Waals surface area contributed by atoms with Crippen LogP contribution < -0.4 is 4.74 Å². The fraction of sp³-hybridized carbons (Fsp3) is 0.0870. The largest absolute Gasteiger partial charge is 0.487 e. The molecule has 0 unspecified atom stereocenters. The van der Waals surface area contributed by atoms with E-state index in [2.05, 4.69) is 60.4 Å². The minimum Gasteiger partial charge on any atom is -0.487 e. The Kier molecular flexibility index (Phi) is 4.17. The lowest BCUT2D eigenvalue weighted by Crippen LogP contribution is -1.98. The molecular weight excluding hydrogens is 306 g/mol. The van der Waals surface area contributed by atoms with Crippen LogP contribution >= 0.6 is 0 Å². The lowest BCUT2D eigenvalue weighted by Gasteiger charge is -2.08. The van der Waals surface area contributed by atoms with Crippen molar-refractivity contribution in [2.24, 2.45) is 0 Å². The standard InChI is InChI=1S/C23H19NO/c1-17-6-8-18(9-7-17)19-11-14-22(15-12-19)25-16-21-13-10-20-4-2-3-5-23(20)24-21/h2-15H,16H2,1H3. The lowest BCUT2D eigenvalue weighted by atomic mass is 10.0. The van der Waals surface area contributed by atoms with Crippen molar-refractivity contribution < 1.29 is 4.74 Å². The maximum atomic E-state index is 5.89. The second-order valence-corrected chi connectivity index (χ2v) is 6.17. The quantitative estimate of drug-likeness (QED) is 0.474. The van der Waals surface area contributed by atoms with E-state index in [1.165, 1.54) is 16.7 Å². The summed E-state index contributed by atoms with van der Waals surface area (Å²) in [5, 5.41) is 1.15. The Morgan fingerprint density at radius 3 is 2.16 bits per heavy atom. The first-order valence-corrected chi connectivity index (χ1v) is 8.42. The van der Waals surface area contributed by atoms with Gasteiger partial charge in [-0.3, -0.25) is 0 Å². The molecule has 0 saturated heterocycles. The van der Waals surface area contributed by atoms with E-state index < -0.39 is 0 Å². The number of para-hydroxylation sites is 1. The molecule has 0 amide bonds. The van der Waals surface area contributed by atoms with E-state index in [0.717, 1.165) is 22.3 Å². The zero-order chi connectivity index (χ0) is 17.1. The minimum atomic E-state index is 0.467. The highest BCUT2D eigenvalue weighted by atomic mass is 16.5. The molecule has 0 aliphatic rings. The van der Waals surface area contributed by atoms with Crippen LogP contribution in [0.5, 0.6) is 5.75 Å². The molecule has 0 spiro atoms. The third-order valence-corrected chi connectivity index (χ3v) is 4.28. The van der Waals surface area contributed by atoms with E-state index in [-0.39, 0.29) is 0 Å². The highest BCUT2D eigenvalue weighted by molar-refractivity contribution is 5.78. The van der Waals surface area contributed by atoms with Crippen molar-refractivity contribution in [3.05, 3.63) is 96.2 Å². The Balaban J connectivity index is 1.46. The van der Waals surface area contributed by atoms with Crippen molar-refractivity contribution in [3.63, 3.8) is 0 Å². The number of fused-ring (bicyclic) bond motifs is 1. The second-order valence-electron chi connectivity index (χ2n) is 6.17. The van der Waals surface area contributed by atoms with Crippen LogP contribution in [-0.4, -0.2) is 4.98 Å². The zero-order valence-corrected chi connectivity index (χ0v) is 14.1. The molecular formula is C23H19NO. The number of rotatable bonds is 4. The highest BCUT2D eigenvalue weighted by Crippen LogP contribution is 2.23. The molecule has 0 bridgehead atoms. The molecule has 0 fully saturated rings. The van der Waals surface area contributed by atoms with Crippen molar-refractivity contribution >= 4 is 10.9 Å². The molecule has 3 aromatic carbocycles. The van der Waals surface area contributed by atoms with Gasteiger partial charge in [-0.25, -0.2) is 4.98 Å². The number of ether oxygens (including phenoxy) is 1. The molecule has 122 valence electrons. The molecule has 25 heavy (non-hydrogen) atoms. The van der Waals surface area contributed by atoms with Gasteiger partial charge in [-0.2, -0.15) is 0 Å². The Labute approximate surface area is 147 Å². The van der Waals surface area contributed by atoms with Crippen LogP contribution in [0.3, 0.4) is 0 Å². The van der Waals surface area contributed by atoms with Crippen molar-refractivity contribution in [1.29, 1.82) is 0 Å². The molecule has 0 atom stereocenters. The number of hydrogen-bond acceptors (Lipinski definition) is 2. The van der Waals surface area contributed by atoms with Gasteiger partial charge in [0.15, 0.2) is 0 Å². The zero-order valence-electron chi connectivity index (χ0n) is 14.1. The number of hydrogen-bond donors (Lipinski definition) is 0. The number of aromatic nitrogens is 1. The molecule has 0 radical (unpaired) electrons. The molecule has 2 heteroatoms. The number of nitrogens with zero attached hydrogens (tertiary/aromatic N) is 1. The van der Waals surface area contributed by atoms with Gasteiger partial charge in [0.25, 0.3) is 0 Å². The van der Waals surface area contributed by atoms with Gasteiger partial charge in [0, 0.05) is 5.39 Å². The maximum Gasteiger partial charge on any atom is 0.130 e.